The molecule has 23 heavy (non-hydrogen) atoms. The monoisotopic (exact) mass is 428 g/mol. The number of halogens is 1. The Kier molecular flexibility index (Phi) is 6.26. The van der Waals surface area contributed by atoms with Crippen LogP contribution in [0.4, 0.5) is 5.69 Å². The number of amides is 1. The van der Waals surface area contributed by atoms with Gasteiger partial charge in [-0.25, -0.2) is 0 Å². The van der Waals surface area contributed by atoms with Crippen LogP contribution in [0.1, 0.15) is 25.7 Å². The van der Waals surface area contributed by atoms with E-state index >= 15 is 0 Å². The normalized spacial score (nSPS) is 19.0. The Bertz CT molecular complexity index is 557. The Morgan fingerprint density at radius 1 is 1.26 bits per heavy atom. The van der Waals surface area contributed by atoms with E-state index < -0.39 is 0 Å². The SMILES string of the molecule is CN=C(NCC(=O)Nc1ccccc1)N1CCC2(CCC2)C1.I. The average Bonchev–Trinajstić information content (AvgIpc) is 2.95. The number of nitrogens with one attached hydrogen (secondary N) is 2. The Hall–Kier alpha value is -1.31. The van der Waals surface area contributed by atoms with Gasteiger partial charge >= 0.3 is 0 Å². The van der Waals surface area contributed by atoms with Gasteiger partial charge in [0.15, 0.2) is 5.96 Å². The Balaban J connectivity index is 0.00000192. The number of anilines is 1. The molecule has 1 saturated heterocycles. The van der Waals surface area contributed by atoms with Crippen LogP contribution in [-0.4, -0.2) is 43.4 Å². The van der Waals surface area contributed by atoms with Crippen molar-refractivity contribution in [3.63, 3.8) is 0 Å². The summed E-state index contributed by atoms with van der Waals surface area (Å²) in [7, 11) is 1.78. The van der Waals surface area contributed by atoms with Gasteiger partial charge in [-0.05, 0) is 36.8 Å². The Morgan fingerprint density at radius 3 is 2.57 bits per heavy atom. The standard InChI is InChI=1S/C17H24N4O.HI/c1-18-16(21-11-10-17(13-21)8-5-9-17)19-12-15(22)20-14-6-3-2-4-7-14;/h2-4,6-7H,5,8-13H2,1H3,(H,18,19)(H,20,22);1H. The predicted molar refractivity (Wildman–Crippen MR) is 104 cm³/mol. The summed E-state index contributed by atoms with van der Waals surface area (Å²) in [5.74, 6) is 0.789. The van der Waals surface area contributed by atoms with E-state index in [4.69, 9.17) is 0 Å². The number of nitrogens with zero attached hydrogens (tertiary/aromatic N) is 2. The first kappa shape index (κ1) is 18.0. The van der Waals surface area contributed by atoms with Gasteiger partial charge < -0.3 is 15.5 Å². The first-order valence-corrected chi connectivity index (χ1v) is 8.01. The number of carbonyl (C=O) groups is 1. The highest BCUT2D eigenvalue weighted by atomic mass is 127. The highest BCUT2D eigenvalue weighted by Crippen LogP contribution is 2.47. The van der Waals surface area contributed by atoms with Crippen LogP contribution >= 0.6 is 24.0 Å². The van der Waals surface area contributed by atoms with Crippen molar-refractivity contribution in [3.8, 4) is 0 Å². The molecule has 2 aliphatic rings. The van der Waals surface area contributed by atoms with Crippen molar-refractivity contribution in [2.45, 2.75) is 25.7 Å². The minimum absolute atomic E-state index is 0. The Morgan fingerprint density at radius 2 is 2.00 bits per heavy atom. The van der Waals surface area contributed by atoms with Gasteiger partial charge in [0.1, 0.15) is 0 Å². The molecule has 0 radical (unpaired) electrons. The van der Waals surface area contributed by atoms with Crippen LogP contribution < -0.4 is 10.6 Å². The van der Waals surface area contributed by atoms with E-state index in [1.54, 1.807) is 7.05 Å². The molecule has 0 aromatic heterocycles. The summed E-state index contributed by atoms with van der Waals surface area (Å²) in [6.45, 7) is 2.36. The van der Waals surface area contributed by atoms with Crippen LogP contribution in [0, 0.1) is 5.41 Å². The summed E-state index contributed by atoms with van der Waals surface area (Å²) in [6.07, 6.45) is 5.30. The molecular weight excluding hydrogens is 403 g/mol. The Labute approximate surface area is 154 Å². The highest BCUT2D eigenvalue weighted by molar-refractivity contribution is 14.0. The van der Waals surface area contributed by atoms with Gasteiger partial charge in [-0.2, -0.15) is 0 Å². The van der Waals surface area contributed by atoms with E-state index in [2.05, 4.69) is 20.5 Å². The van der Waals surface area contributed by atoms with Crippen LogP contribution in [0.5, 0.6) is 0 Å². The lowest BCUT2D eigenvalue weighted by molar-refractivity contribution is -0.115. The number of hydrogen-bond acceptors (Lipinski definition) is 2. The molecule has 6 heteroatoms. The molecule has 1 amide bonds. The number of likely N-dealkylation sites (tertiary alicyclic amines) is 1. The van der Waals surface area contributed by atoms with Gasteiger partial charge in [0, 0.05) is 25.8 Å². The number of aliphatic imine (C=N–C) groups is 1. The van der Waals surface area contributed by atoms with Crippen molar-refractivity contribution in [2.24, 2.45) is 10.4 Å². The summed E-state index contributed by atoms with van der Waals surface area (Å²) in [4.78, 5) is 18.6. The number of para-hydroxylation sites is 1. The fourth-order valence-corrected chi connectivity index (χ4v) is 3.42. The summed E-state index contributed by atoms with van der Waals surface area (Å²) < 4.78 is 0. The second kappa shape index (κ2) is 7.99. The van der Waals surface area contributed by atoms with E-state index in [0.29, 0.717) is 5.41 Å². The van der Waals surface area contributed by atoms with E-state index in [1.807, 2.05) is 30.3 Å². The minimum atomic E-state index is -0.0510. The van der Waals surface area contributed by atoms with Crippen molar-refractivity contribution in [1.29, 1.82) is 0 Å². The van der Waals surface area contributed by atoms with Crippen LogP contribution in [0.3, 0.4) is 0 Å². The van der Waals surface area contributed by atoms with E-state index in [9.17, 15) is 4.79 Å². The van der Waals surface area contributed by atoms with Crippen LogP contribution in [-0.2, 0) is 4.79 Å². The summed E-state index contributed by atoms with van der Waals surface area (Å²) in [5, 5.41) is 6.06. The molecule has 1 aliphatic carbocycles. The third-order valence-corrected chi connectivity index (χ3v) is 4.83. The molecule has 0 unspecified atom stereocenters. The largest absolute Gasteiger partial charge is 0.347 e. The average molecular weight is 428 g/mol. The maximum atomic E-state index is 12.0. The van der Waals surface area contributed by atoms with Gasteiger partial charge in [0.05, 0.1) is 6.54 Å². The van der Waals surface area contributed by atoms with E-state index in [-0.39, 0.29) is 36.4 Å². The van der Waals surface area contributed by atoms with Crippen molar-refractivity contribution >= 4 is 41.5 Å². The van der Waals surface area contributed by atoms with Gasteiger partial charge in [-0.15, -0.1) is 24.0 Å². The fraction of sp³-hybridized carbons (Fsp3) is 0.529. The molecule has 1 saturated carbocycles. The quantitative estimate of drug-likeness (QED) is 0.442. The van der Waals surface area contributed by atoms with Crippen molar-refractivity contribution in [1.82, 2.24) is 10.2 Å². The lowest BCUT2D eigenvalue weighted by Crippen LogP contribution is -2.44. The zero-order valence-corrected chi connectivity index (χ0v) is 15.9. The molecule has 2 N–H and O–H groups in total. The van der Waals surface area contributed by atoms with Gasteiger partial charge in [-0.1, -0.05) is 24.6 Å². The second-order valence-corrected chi connectivity index (χ2v) is 6.34. The molecule has 3 rings (SSSR count). The minimum Gasteiger partial charge on any atom is -0.347 e. The maximum Gasteiger partial charge on any atom is 0.243 e. The summed E-state index contributed by atoms with van der Waals surface area (Å²) >= 11 is 0. The van der Waals surface area contributed by atoms with Crippen LogP contribution in [0.15, 0.2) is 35.3 Å². The predicted octanol–water partition coefficient (Wildman–Crippen LogP) is 2.69. The zero-order chi connectivity index (χ0) is 15.4. The fourth-order valence-electron chi connectivity index (χ4n) is 3.42. The van der Waals surface area contributed by atoms with E-state index in [0.717, 1.165) is 24.7 Å². The molecule has 1 aromatic rings. The summed E-state index contributed by atoms with van der Waals surface area (Å²) in [5.41, 5.74) is 1.35. The third kappa shape index (κ3) is 4.37. The zero-order valence-electron chi connectivity index (χ0n) is 13.5. The molecule has 5 nitrogen and oxygen atoms in total. The third-order valence-electron chi connectivity index (χ3n) is 4.83. The van der Waals surface area contributed by atoms with E-state index in [1.165, 1.54) is 25.7 Å². The highest BCUT2D eigenvalue weighted by Gasteiger charge is 2.43. The molecule has 1 aliphatic heterocycles. The summed E-state index contributed by atoms with van der Waals surface area (Å²) in [6, 6.07) is 9.51. The number of hydrogen-bond donors (Lipinski definition) is 2. The number of guanidine groups is 1. The molecule has 0 bridgehead atoms. The van der Waals surface area contributed by atoms with Crippen molar-refractivity contribution in [3.05, 3.63) is 30.3 Å². The van der Waals surface area contributed by atoms with Crippen molar-refractivity contribution < 1.29 is 4.79 Å². The maximum absolute atomic E-state index is 12.0. The molecule has 1 heterocycles. The van der Waals surface area contributed by atoms with Gasteiger partial charge in [0.25, 0.3) is 0 Å². The smallest absolute Gasteiger partial charge is 0.243 e. The molecule has 1 spiro atoms. The van der Waals surface area contributed by atoms with Crippen molar-refractivity contribution in [2.75, 3.05) is 32.0 Å². The number of benzene rings is 1. The van der Waals surface area contributed by atoms with Crippen LogP contribution in [0.25, 0.3) is 0 Å². The van der Waals surface area contributed by atoms with Crippen LogP contribution in [0.2, 0.25) is 0 Å². The molecule has 2 fully saturated rings. The molecule has 126 valence electrons. The second-order valence-electron chi connectivity index (χ2n) is 6.34. The topological polar surface area (TPSA) is 56.7 Å². The molecular formula is C17H25IN4O. The number of rotatable bonds is 3. The lowest BCUT2D eigenvalue weighted by Gasteiger charge is -2.38. The first-order valence-electron chi connectivity index (χ1n) is 8.01. The van der Waals surface area contributed by atoms with Gasteiger partial charge in [-0.3, -0.25) is 9.79 Å². The molecule has 1 aromatic carbocycles. The first-order chi connectivity index (χ1) is 10.7. The number of carbonyl (C=O) groups excluding carboxylic acids is 1. The van der Waals surface area contributed by atoms with Gasteiger partial charge in [0.2, 0.25) is 5.91 Å². The lowest BCUT2D eigenvalue weighted by atomic mass is 9.68. The molecule has 0 atom stereocenters.